The van der Waals surface area contributed by atoms with Gasteiger partial charge in [-0.25, -0.2) is 4.57 Å². The number of phosphoric acid groups is 1. The molecule has 0 rings (SSSR count). The number of hydrogen-bond acceptors (Lipinski definition) is 9. The van der Waals surface area contributed by atoms with Crippen molar-refractivity contribution >= 4 is 19.8 Å². The van der Waals surface area contributed by atoms with Gasteiger partial charge in [-0.3, -0.25) is 14.1 Å². The predicted molar refractivity (Wildman–Crippen MR) is 229 cm³/mol. The fraction of sp³-hybridized carbons (Fsp3) is 0.556. The van der Waals surface area contributed by atoms with E-state index in [1.54, 1.807) is 42.5 Å². The first kappa shape index (κ1) is 53.6. The quantitative estimate of drug-likeness (QED) is 0.0135. The highest BCUT2D eigenvalue weighted by molar-refractivity contribution is 7.46. The second kappa shape index (κ2) is 38.1. The number of aliphatic hydroxyl groups excluding tert-OH is 3. The summed E-state index contributed by atoms with van der Waals surface area (Å²) in [5.41, 5.74) is 0. The Bertz CT molecular complexity index is 1340. The largest absolute Gasteiger partial charge is 0.469 e. The molecule has 0 spiro atoms. The number of rotatable bonds is 35. The van der Waals surface area contributed by atoms with E-state index >= 15 is 0 Å². The summed E-state index contributed by atoms with van der Waals surface area (Å²) in [5, 5.41) is 30.3. The third-order valence-electron chi connectivity index (χ3n) is 8.14. The van der Waals surface area contributed by atoms with E-state index in [1.165, 1.54) is 25.3 Å². The first-order chi connectivity index (χ1) is 27.5. The van der Waals surface area contributed by atoms with E-state index in [4.69, 9.17) is 19.3 Å². The molecule has 0 unspecified atom stereocenters. The first-order valence-corrected chi connectivity index (χ1v) is 22.0. The lowest BCUT2D eigenvalue weighted by Gasteiger charge is -2.19. The van der Waals surface area contributed by atoms with Crippen LogP contribution in [0.4, 0.5) is 0 Å². The first-order valence-electron chi connectivity index (χ1n) is 20.5. The van der Waals surface area contributed by atoms with Crippen LogP contribution >= 0.6 is 7.82 Å². The fourth-order valence-corrected chi connectivity index (χ4v) is 5.27. The van der Waals surface area contributed by atoms with Gasteiger partial charge in [-0.1, -0.05) is 155 Å². The Balaban J connectivity index is 4.42. The van der Waals surface area contributed by atoms with Crippen LogP contribution in [0.2, 0.25) is 0 Å². The fourth-order valence-electron chi connectivity index (χ4n) is 4.91. The van der Waals surface area contributed by atoms with E-state index in [0.29, 0.717) is 6.42 Å². The maximum atomic E-state index is 12.4. The number of hydrogen-bond donors (Lipinski definition) is 5. The second-order valence-electron chi connectivity index (χ2n) is 13.5. The number of carbonyl (C=O) groups is 2. The normalized spacial score (nSPS) is 15.3. The Morgan fingerprint density at radius 1 is 0.579 bits per heavy atom. The van der Waals surface area contributed by atoms with E-state index in [1.807, 2.05) is 18.2 Å². The van der Waals surface area contributed by atoms with Gasteiger partial charge in [-0.2, -0.15) is 0 Å². The maximum absolute atomic E-state index is 12.4. The molecule has 0 aliphatic rings. The molecule has 5 N–H and O–H groups in total. The summed E-state index contributed by atoms with van der Waals surface area (Å²) in [6.07, 6.45) is 43.3. The molecule has 0 aromatic heterocycles. The SMILES string of the molecule is CCCCC/C=C\C/C=C\C/C=C\C/C=C\C/C=C\CCC(=O)OC[C@H](COP(=O)(O)O)OC(=O)CCC[C@H](O)[C@@H](O)/C=C/C=C/C=C\C=C\[C@@H](O)CCCCC. The van der Waals surface area contributed by atoms with E-state index < -0.39 is 57.4 Å². The van der Waals surface area contributed by atoms with Crippen molar-refractivity contribution < 1.29 is 53.3 Å². The van der Waals surface area contributed by atoms with Gasteiger partial charge in [0.2, 0.25) is 0 Å². The van der Waals surface area contributed by atoms with Crippen LogP contribution in [0.25, 0.3) is 0 Å². The Labute approximate surface area is 342 Å². The van der Waals surface area contributed by atoms with Gasteiger partial charge in [0.05, 0.1) is 24.9 Å². The molecule has 0 saturated heterocycles. The van der Waals surface area contributed by atoms with Crippen LogP contribution in [0.5, 0.6) is 0 Å². The standard InChI is InChI=1S/C45H71O11P/c1-3-5-7-8-9-10-11-12-13-14-15-16-17-18-19-20-21-26-30-36-44(49)54-38-41(39-55-57(51,52)53)56-45(50)37-31-35-43(48)42(47)34-29-25-23-22-24-28-33-40(46)32-27-6-4-2/h9-10,12-13,15-16,18-19,21-26,28-29,33-34,40-43,46-48H,3-8,11,14,17,20,27,30-32,35-39H2,1-2H3,(H2,51,52,53)/b10-9-,13-12-,16-15-,19-18-,24-22-,25-23+,26-21-,33-28+,34-29+/t40-,41+,42-,43-/m0/s1. The number of allylic oxidation sites excluding steroid dienone is 16. The maximum Gasteiger partial charge on any atom is 0.469 e. The van der Waals surface area contributed by atoms with Crippen molar-refractivity contribution in [3.63, 3.8) is 0 Å². The molecule has 0 bridgehead atoms. The van der Waals surface area contributed by atoms with Crippen molar-refractivity contribution in [2.45, 2.75) is 147 Å². The van der Waals surface area contributed by atoms with Gasteiger partial charge in [-0.05, 0) is 64.2 Å². The summed E-state index contributed by atoms with van der Waals surface area (Å²) in [5.74, 6) is -1.32. The lowest BCUT2D eigenvalue weighted by atomic mass is 10.1. The molecule has 0 aromatic rings. The monoisotopic (exact) mass is 818 g/mol. The van der Waals surface area contributed by atoms with E-state index in [2.05, 4.69) is 60.9 Å². The topological polar surface area (TPSA) is 180 Å². The molecule has 0 fully saturated rings. The van der Waals surface area contributed by atoms with Gasteiger partial charge in [0, 0.05) is 12.8 Å². The van der Waals surface area contributed by atoms with E-state index in [9.17, 15) is 29.5 Å². The molecule has 12 heteroatoms. The molecule has 0 radical (unpaired) electrons. The molecule has 322 valence electrons. The molecular weight excluding hydrogens is 747 g/mol. The van der Waals surface area contributed by atoms with Gasteiger partial charge in [-0.15, -0.1) is 0 Å². The average Bonchev–Trinajstić information content (AvgIpc) is 3.17. The predicted octanol–water partition coefficient (Wildman–Crippen LogP) is 9.31. The Morgan fingerprint density at radius 2 is 1.11 bits per heavy atom. The van der Waals surface area contributed by atoms with Crippen LogP contribution in [-0.2, 0) is 28.2 Å². The highest BCUT2D eigenvalue weighted by Crippen LogP contribution is 2.36. The summed E-state index contributed by atoms with van der Waals surface area (Å²) in [7, 11) is -4.88. The van der Waals surface area contributed by atoms with Crippen LogP contribution in [0.15, 0.2) is 109 Å². The van der Waals surface area contributed by atoms with Gasteiger partial charge in [0.15, 0.2) is 6.10 Å². The van der Waals surface area contributed by atoms with Crippen LogP contribution in [0.3, 0.4) is 0 Å². The molecular formula is C45H71O11P. The molecule has 57 heavy (non-hydrogen) atoms. The Kier molecular flexibility index (Phi) is 35.8. The van der Waals surface area contributed by atoms with E-state index in [0.717, 1.165) is 57.8 Å². The van der Waals surface area contributed by atoms with Gasteiger partial charge < -0.3 is 34.6 Å². The smallest absolute Gasteiger partial charge is 0.462 e. The Hall–Kier alpha value is -3.41. The number of ether oxygens (including phenoxy) is 2. The van der Waals surface area contributed by atoms with Gasteiger partial charge >= 0.3 is 19.8 Å². The lowest BCUT2D eigenvalue weighted by molar-refractivity contribution is -0.161. The zero-order valence-electron chi connectivity index (χ0n) is 34.3. The average molecular weight is 819 g/mol. The third kappa shape index (κ3) is 39.2. The minimum absolute atomic E-state index is 0.0634. The highest BCUT2D eigenvalue weighted by Gasteiger charge is 2.23. The summed E-state index contributed by atoms with van der Waals surface area (Å²) >= 11 is 0. The molecule has 0 aliphatic carbocycles. The minimum atomic E-state index is -4.88. The number of aliphatic hydroxyl groups is 3. The summed E-state index contributed by atoms with van der Waals surface area (Å²) in [6, 6.07) is 0. The number of unbranched alkanes of at least 4 members (excludes halogenated alkanes) is 5. The molecule has 0 aromatic carbocycles. The molecule has 0 heterocycles. The minimum Gasteiger partial charge on any atom is -0.462 e. The summed E-state index contributed by atoms with van der Waals surface area (Å²) in [4.78, 5) is 42.8. The molecule has 0 saturated carbocycles. The van der Waals surface area contributed by atoms with Crippen LogP contribution in [-0.4, -0.2) is 74.7 Å². The zero-order chi connectivity index (χ0) is 42.2. The molecule has 0 amide bonds. The molecule has 4 atom stereocenters. The van der Waals surface area contributed by atoms with Crippen molar-refractivity contribution in [3.8, 4) is 0 Å². The number of carbonyl (C=O) groups excluding carboxylic acids is 2. The summed E-state index contributed by atoms with van der Waals surface area (Å²) < 4.78 is 26.1. The zero-order valence-corrected chi connectivity index (χ0v) is 35.2. The van der Waals surface area contributed by atoms with Crippen molar-refractivity contribution in [2.75, 3.05) is 13.2 Å². The second-order valence-corrected chi connectivity index (χ2v) is 14.7. The van der Waals surface area contributed by atoms with Crippen LogP contribution in [0.1, 0.15) is 123 Å². The van der Waals surface area contributed by atoms with Crippen LogP contribution in [0, 0.1) is 0 Å². The lowest BCUT2D eigenvalue weighted by Crippen LogP contribution is -2.29. The van der Waals surface area contributed by atoms with E-state index in [-0.39, 0.29) is 25.7 Å². The molecule has 0 aliphatic heterocycles. The number of phosphoric ester groups is 1. The van der Waals surface area contributed by atoms with Crippen LogP contribution < -0.4 is 0 Å². The summed E-state index contributed by atoms with van der Waals surface area (Å²) in [6.45, 7) is 3.18. The van der Waals surface area contributed by atoms with Crippen molar-refractivity contribution in [3.05, 3.63) is 109 Å². The van der Waals surface area contributed by atoms with Crippen molar-refractivity contribution in [1.82, 2.24) is 0 Å². The van der Waals surface area contributed by atoms with Gasteiger partial charge in [0.25, 0.3) is 0 Å². The van der Waals surface area contributed by atoms with Crippen molar-refractivity contribution in [2.24, 2.45) is 0 Å². The van der Waals surface area contributed by atoms with Crippen molar-refractivity contribution in [1.29, 1.82) is 0 Å². The van der Waals surface area contributed by atoms with Gasteiger partial charge in [0.1, 0.15) is 6.61 Å². The third-order valence-corrected chi connectivity index (χ3v) is 8.63. The number of esters is 2. The highest BCUT2D eigenvalue weighted by atomic mass is 31.2. The Morgan fingerprint density at radius 3 is 1.68 bits per heavy atom. The molecule has 11 nitrogen and oxygen atoms in total.